The van der Waals surface area contributed by atoms with Gasteiger partial charge in [0.2, 0.25) is 0 Å². The van der Waals surface area contributed by atoms with Gasteiger partial charge in [0.25, 0.3) is 5.91 Å². The van der Waals surface area contributed by atoms with Crippen LogP contribution in [-0.4, -0.2) is 25.3 Å². The molecule has 0 aliphatic rings. The van der Waals surface area contributed by atoms with E-state index in [1.165, 1.54) is 0 Å². The number of unbranched alkanes of at least 4 members (excludes halogenated alkanes) is 1. The highest BCUT2D eigenvalue weighted by atomic mass is 35.5. The fraction of sp³-hybridized carbons (Fsp3) is 0.462. The smallest absolute Gasteiger partial charge is 0.251 e. The zero-order valence-corrected chi connectivity index (χ0v) is 12.5. The topological polar surface area (TPSA) is 55.1 Å². The number of benzene rings is 1. The summed E-state index contributed by atoms with van der Waals surface area (Å²) in [6, 6.07) is 5.96. The SMILES string of the molecule is CSc1ccc(C)c(C(=O)NCCCCN)c1.Cl. The number of carbonyl (C=O) groups excluding carboxylic acids is 1. The molecule has 0 spiro atoms. The zero-order chi connectivity index (χ0) is 12.7. The summed E-state index contributed by atoms with van der Waals surface area (Å²) in [4.78, 5) is 13.1. The lowest BCUT2D eigenvalue weighted by molar-refractivity contribution is 0.0952. The molecule has 18 heavy (non-hydrogen) atoms. The molecule has 0 aromatic heterocycles. The first kappa shape index (κ1) is 17.3. The number of aryl methyl sites for hydroxylation is 1. The maximum atomic E-state index is 11.9. The second-order valence-corrected chi connectivity index (χ2v) is 4.81. The Morgan fingerprint density at radius 3 is 2.72 bits per heavy atom. The predicted octanol–water partition coefficient (Wildman–Crippen LogP) is 2.61. The van der Waals surface area contributed by atoms with E-state index in [1.807, 2.05) is 31.4 Å². The van der Waals surface area contributed by atoms with E-state index in [9.17, 15) is 4.79 Å². The van der Waals surface area contributed by atoms with Gasteiger partial charge in [0.05, 0.1) is 0 Å². The van der Waals surface area contributed by atoms with E-state index in [0.717, 1.165) is 28.9 Å². The summed E-state index contributed by atoms with van der Waals surface area (Å²) in [6.07, 6.45) is 3.89. The van der Waals surface area contributed by atoms with E-state index in [0.29, 0.717) is 13.1 Å². The maximum absolute atomic E-state index is 11.9. The third kappa shape index (κ3) is 5.29. The Morgan fingerprint density at radius 2 is 2.11 bits per heavy atom. The summed E-state index contributed by atoms with van der Waals surface area (Å²) >= 11 is 1.64. The number of rotatable bonds is 6. The number of halogens is 1. The predicted molar refractivity (Wildman–Crippen MR) is 80.8 cm³/mol. The van der Waals surface area contributed by atoms with Crippen molar-refractivity contribution in [3.05, 3.63) is 29.3 Å². The molecule has 3 nitrogen and oxygen atoms in total. The van der Waals surface area contributed by atoms with Crippen LogP contribution in [0.1, 0.15) is 28.8 Å². The molecule has 0 aliphatic carbocycles. The Kier molecular flexibility index (Phi) is 8.89. The van der Waals surface area contributed by atoms with Gasteiger partial charge in [-0.25, -0.2) is 0 Å². The van der Waals surface area contributed by atoms with Crippen molar-refractivity contribution in [3.63, 3.8) is 0 Å². The number of carbonyl (C=O) groups is 1. The van der Waals surface area contributed by atoms with Crippen molar-refractivity contribution in [2.45, 2.75) is 24.7 Å². The average Bonchev–Trinajstić information content (AvgIpc) is 2.35. The summed E-state index contributed by atoms with van der Waals surface area (Å²) in [6.45, 7) is 3.33. The van der Waals surface area contributed by atoms with E-state index in [4.69, 9.17) is 5.73 Å². The van der Waals surface area contributed by atoms with Crippen molar-refractivity contribution in [2.75, 3.05) is 19.3 Å². The van der Waals surface area contributed by atoms with Crippen LogP contribution in [0.4, 0.5) is 0 Å². The Bertz CT molecular complexity index is 385. The normalized spacial score (nSPS) is 9.72. The molecule has 0 heterocycles. The standard InChI is InChI=1S/C13H20N2OS.ClH/c1-10-5-6-11(17-2)9-12(10)13(16)15-8-4-3-7-14;/h5-6,9H,3-4,7-8,14H2,1-2H3,(H,15,16);1H. The summed E-state index contributed by atoms with van der Waals surface area (Å²) < 4.78 is 0. The second kappa shape index (κ2) is 9.25. The third-order valence-corrected chi connectivity index (χ3v) is 3.33. The maximum Gasteiger partial charge on any atom is 0.251 e. The Labute approximate surface area is 119 Å². The molecule has 5 heteroatoms. The molecule has 0 bridgehead atoms. The molecular weight excluding hydrogens is 268 g/mol. The van der Waals surface area contributed by atoms with Gasteiger partial charge in [-0.05, 0) is 50.3 Å². The van der Waals surface area contributed by atoms with Gasteiger partial charge in [-0.3, -0.25) is 4.79 Å². The monoisotopic (exact) mass is 288 g/mol. The molecule has 102 valence electrons. The summed E-state index contributed by atoms with van der Waals surface area (Å²) in [5, 5.41) is 2.92. The van der Waals surface area contributed by atoms with Gasteiger partial charge >= 0.3 is 0 Å². The zero-order valence-electron chi connectivity index (χ0n) is 10.9. The molecule has 0 aliphatic heterocycles. The second-order valence-electron chi connectivity index (χ2n) is 3.93. The highest BCUT2D eigenvalue weighted by molar-refractivity contribution is 7.98. The van der Waals surface area contributed by atoms with Crippen LogP contribution in [0.5, 0.6) is 0 Å². The molecule has 1 amide bonds. The van der Waals surface area contributed by atoms with Crippen LogP contribution >= 0.6 is 24.2 Å². The minimum atomic E-state index is 0. The van der Waals surface area contributed by atoms with Gasteiger partial charge in [0.15, 0.2) is 0 Å². The third-order valence-electron chi connectivity index (χ3n) is 2.61. The largest absolute Gasteiger partial charge is 0.352 e. The van der Waals surface area contributed by atoms with E-state index in [1.54, 1.807) is 11.8 Å². The van der Waals surface area contributed by atoms with Crippen LogP contribution in [0.2, 0.25) is 0 Å². The molecule has 3 N–H and O–H groups in total. The molecule has 0 saturated carbocycles. The first-order valence-electron chi connectivity index (χ1n) is 5.82. The fourth-order valence-corrected chi connectivity index (χ4v) is 1.98. The van der Waals surface area contributed by atoms with Gasteiger partial charge in [-0.1, -0.05) is 6.07 Å². The Balaban J connectivity index is 0.00000289. The van der Waals surface area contributed by atoms with Crippen molar-refractivity contribution in [2.24, 2.45) is 5.73 Å². The van der Waals surface area contributed by atoms with Crippen molar-refractivity contribution >= 4 is 30.1 Å². The first-order chi connectivity index (χ1) is 8.19. The number of thioether (sulfide) groups is 1. The van der Waals surface area contributed by atoms with E-state index < -0.39 is 0 Å². The van der Waals surface area contributed by atoms with Crippen molar-refractivity contribution in [1.82, 2.24) is 5.32 Å². The molecule has 0 atom stereocenters. The number of hydrogen-bond acceptors (Lipinski definition) is 3. The summed E-state index contributed by atoms with van der Waals surface area (Å²) in [7, 11) is 0. The fourth-order valence-electron chi connectivity index (χ4n) is 1.54. The minimum absolute atomic E-state index is 0. The van der Waals surface area contributed by atoms with Crippen molar-refractivity contribution in [1.29, 1.82) is 0 Å². The molecule has 0 saturated heterocycles. The van der Waals surface area contributed by atoms with E-state index in [-0.39, 0.29) is 18.3 Å². The van der Waals surface area contributed by atoms with Gasteiger partial charge in [-0.15, -0.1) is 24.2 Å². The van der Waals surface area contributed by atoms with Crippen molar-refractivity contribution in [3.8, 4) is 0 Å². The Morgan fingerprint density at radius 1 is 1.39 bits per heavy atom. The summed E-state index contributed by atoms with van der Waals surface area (Å²) in [5.74, 6) is 0.00965. The molecule has 1 rings (SSSR count). The van der Waals surface area contributed by atoms with Crippen LogP contribution in [0.3, 0.4) is 0 Å². The van der Waals surface area contributed by atoms with Crippen LogP contribution in [0.25, 0.3) is 0 Å². The number of hydrogen-bond donors (Lipinski definition) is 2. The Hall–Kier alpha value is -0.710. The van der Waals surface area contributed by atoms with Gasteiger partial charge < -0.3 is 11.1 Å². The van der Waals surface area contributed by atoms with Crippen LogP contribution in [0.15, 0.2) is 23.1 Å². The van der Waals surface area contributed by atoms with Crippen molar-refractivity contribution < 1.29 is 4.79 Å². The number of amides is 1. The lowest BCUT2D eigenvalue weighted by Crippen LogP contribution is -2.25. The lowest BCUT2D eigenvalue weighted by atomic mass is 10.1. The van der Waals surface area contributed by atoms with Crippen LogP contribution in [-0.2, 0) is 0 Å². The molecule has 1 aromatic rings. The minimum Gasteiger partial charge on any atom is -0.352 e. The highest BCUT2D eigenvalue weighted by Gasteiger charge is 2.08. The van der Waals surface area contributed by atoms with Crippen LogP contribution < -0.4 is 11.1 Å². The molecule has 0 fully saturated rings. The van der Waals surface area contributed by atoms with Gasteiger partial charge in [0, 0.05) is 17.0 Å². The molecule has 1 aromatic carbocycles. The summed E-state index contributed by atoms with van der Waals surface area (Å²) in [5.41, 5.74) is 7.18. The molecular formula is C13H21ClN2OS. The van der Waals surface area contributed by atoms with Gasteiger partial charge in [-0.2, -0.15) is 0 Å². The average molecular weight is 289 g/mol. The van der Waals surface area contributed by atoms with E-state index in [2.05, 4.69) is 5.32 Å². The van der Waals surface area contributed by atoms with Crippen LogP contribution in [0, 0.1) is 6.92 Å². The first-order valence-corrected chi connectivity index (χ1v) is 7.04. The molecule has 0 unspecified atom stereocenters. The van der Waals surface area contributed by atoms with E-state index >= 15 is 0 Å². The molecule has 0 radical (unpaired) electrons. The lowest BCUT2D eigenvalue weighted by Gasteiger charge is -2.08. The number of nitrogens with two attached hydrogens (primary N) is 1. The highest BCUT2D eigenvalue weighted by Crippen LogP contribution is 2.18. The number of nitrogens with one attached hydrogen (secondary N) is 1. The quantitative estimate of drug-likeness (QED) is 0.625. The van der Waals surface area contributed by atoms with Gasteiger partial charge in [0.1, 0.15) is 0 Å².